The van der Waals surface area contributed by atoms with E-state index in [1.54, 1.807) is 0 Å². The van der Waals surface area contributed by atoms with Crippen molar-refractivity contribution in [3.8, 4) is 0 Å². The van der Waals surface area contributed by atoms with Crippen LogP contribution >= 0.6 is 11.8 Å². The van der Waals surface area contributed by atoms with Gasteiger partial charge in [-0.2, -0.15) is 11.8 Å². The number of thioether (sulfide) groups is 1. The SMILES string of the molecule is CC1(C)CCN(Cc2cc3ccccc3nc2N)CCS1. The number of nitrogens with two attached hydrogens (primary N) is 1. The molecule has 0 spiro atoms. The standard InChI is InChI=1S/C17H23N3S/c1-17(2)7-8-20(9-10-21-17)12-14-11-13-5-3-4-6-15(13)19-16(14)18/h3-6,11H,7-10,12H2,1-2H3,(H2,18,19). The molecule has 1 saturated heterocycles. The quantitative estimate of drug-likeness (QED) is 0.921. The van der Waals surface area contributed by atoms with Gasteiger partial charge in [-0.1, -0.05) is 32.0 Å². The number of benzene rings is 1. The molecule has 0 radical (unpaired) electrons. The number of hydrogen-bond acceptors (Lipinski definition) is 4. The highest BCUT2D eigenvalue weighted by molar-refractivity contribution is 8.00. The van der Waals surface area contributed by atoms with Crippen LogP contribution in [0.1, 0.15) is 25.8 Å². The van der Waals surface area contributed by atoms with Gasteiger partial charge in [-0.05, 0) is 25.1 Å². The predicted octanol–water partition coefficient (Wildman–Crippen LogP) is 3.53. The molecule has 2 N–H and O–H groups in total. The van der Waals surface area contributed by atoms with Gasteiger partial charge >= 0.3 is 0 Å². The third kappa shape index (κ3) is 3.50. The lowest BCUT2D eigenvalue weighted by Crippen LogP contribution is -2.27. The normalized spacial score (nSPS) is 19.5. The van der Waals surface area contributed by atoms with E-state index in [0.717, 1.165) is 30.7 Å². The summed E-state index contributed by atoms with van der Waals surface area (Å²) in [5, 5.41) is 1.17. The molecule has 0 unspecified atom stereocenters. The van der Waals surface area contributed by atoms with Crippen molar-refractivity contribution in [1.29, 1.82) is 0 Å². The second-order valence-corrected chi connectivity index (χ2v) is 8.16. The molecule has 1 aromatic carbocycles. The van der Waals surface area contributed by atoms with Gasteiger partial charge in [0.05, 0.1) is 5.52 Å². The van der Waals surface area contributed by atoms with E-state index in [9.17, 15) is 0 Å². The van der Waals surface area contributed by atoms with E-state index in [2.05, 4.69) is 53.7 Å². The fourth-order valence-corrected chi connectivity index (χ4v) is 3.90. The zero-order valence-corrected chi connectivity index (χ0v) is 13.6. The van der Waals surface area contributed by atoms with E-state index < -0.39 is 0 Å². The van der Waals surface area contributed by atoms with E-state index in [1.165, 1.54) is 17.6 Å². The Balaban J connectivity index is 1.79. The van der Waals surface area contributed by atoms with Gasteiger partial charge in [0.15, 0.2) is 0 Å². The predicted molar refractivity (Wildman–Crippen MR) is 92.6 cm³/mol. The van der Waals surface area contributed by atoms with Crippen LogP contribution in [-0.2, 0) is 6.54 Å². The summed E-state index contributed by atoms with van der Waals surface area (Å²) in [4.78, 5) is 7.04. The molecule has 0 aliphatic carbocycles. The summed E-state index contributed by atoms with van der Waals surface area (Å²) in [6.45, 7) is 7.84. The summed E-state index contributed by atoms with van der Waals surface area (Å²) in [7, 11) is 0. The minimum absolute atomic E-state index is 0.391. The number of pyridine rings is 1. The van der Waals surface area contributed by atoms with E-state index in [4.69, 9.17) is 5.73 Å². The minimum Gasteiger partial charge on any atom is -0.383 e. The van der Waals surface area contributed by atoms with Gasteiger partial charge in [-0.15, -0.1) is 0 Å². The van der Waals surface area contributed by atoms with Crippen LogP contribution in [0.2, 0.25) is 0 Å². The van der Waals surface area contributed by atoms with Crippen LogP contribution in [0.4, 0.5) is 5.82 Å². The number of hydrogen-bond donors (Lipinski definition) is 1. The van der Waals surface area contributed by atoms with Crippen molar-refractivity contribution in [2.45, 2.75) is 31.6 Å². The molecule has 2 heterocycles. The minimum atomic E-state index is 0.391. The molecule has 112 valence electrons. The van der Waals surface area contributed by atoms with Crippen LogP contribution in [0.5, 0.6) is 0 Å². The third-order valence-electron chi connectivity index (χ3n) is 4.16. The van der Waals surface area contributed by atoms with Gasteiger partial charge in [-0.3, -0.25) is 4.90 Å². The van der Waals surface area contributed by atoms with Gasteiger partial charge < -0.3 is 5.73 Å². The molecule has 2 aromatic rings. The maximum Gasteiger partial charge on any atom is 0.128 e. The second kappa shape index (κ2) is 5.85. The van der Waals surface area contributed by atoms with Crippen molar-refractivity contribution in [2.24, 2.45) is 0 Å². The summed E-state index contributed by atoms with van der Waals surface area (Å²) < 4.78 is 0.391. The van der Waals surface area contributed by atoms with E-state index >= 15 is 0 Å². The number of para-hydroxylation sites is 1. The molecule has 0 amide bonds. The Labute approximate surface area is 130 Å². The van der Waals surface area contributed by atoms with Gasteiger partial charge in [0, 0.05) is 34.5 Å². The highest BCUT2D eigenvalue weighted by atomic mass is 32.2. The smallest absolute Gasteiger partial charge is 0.128 e. The van der Waals surface area contributed by atoms with Gasteiger partial charge in [0.25, 0.3) is 0 Å². The number of rotatable bonds is 2. The Hall–Kier alpha value is -1.26. The third-order valence-corrected chi connectivity index (χ3v) is 5.53. The fourth-order valence-electron chi connectivity index (χ4n) is 2.76. The van der Waals surface area contributed by atoms with Crippen LogP contribution in [0.15, 0.2) is 30.3 Å². The monoisotopic (exact) mass is 301 g/mol. The summed E-state index contributed by atoms with van der Waals surface area (Å²) in [6.07, 6.45) is 1.22. The van der Waals surface area contributed by atoms with E-state index in [1.807, 2.05) is 12.1 Å². The number of anilines is 1. The van der Waals surface area contributed by atoms with Crippen molar-refractivity contribution < 1.29 is 0 Å². The van der Waals surface area contributed by atoms with Crippen LogP contribution in [0, 0.1) is 0 Å². The molecule has 4 heteroatoms. The van der Waals surface area contributed by atoms with Gasteiger partial charge in [0.1, 0.15) is 5.82 Å². The van der Waals surface area contributed by atoms with E-state index in [0.29, 0.717) is 10.6 Å². The van der Waals surface area contributed by atoms with Crippen LogP contribution < -0.4 is 5.73 Å². The maximum absolute atomic E-state index is 6.15. The molecule has 3 rings (SSSR count). The number of aromatic nitrogens is 1. The van der Waals surface area contributed by atoms with Crippen molar-refractivity contribution in [2.75, 3.05) is 24.6 Å². The molecule has 1 fully saturated rings. The highest BCUT2D eigenvalue weighted by Gasteiger charge is 2.23. The Morgan fingerprint density at radius 2 is 2.10 bits per heavy atom. The van der Waals surface area contributed by atoms with Crippen LogP contribution in [0.25, 0.3) is 10.9 Å². The average Bonchev–Trinajstić information content (AvgIpc) is 2.61. The fraction of sp³-hybridized carbons (Fsp3) is 0.471. The van der Waals surface area contributed by atoms with Crippen molar-refractivity contribution in [3.63, 3.8) is 0 Å². The van der Waals surface area contributed by atoms with Gasteiger partial charge in [-0.25, -0.2) is 4.98 Å². The Bertz CT molecular complexity index is 639. The first-order valence-corrected chi connectivity index (χ1v) is 8.52. The van der Waals surface area contributed by atoms with Crippen LogP contribution in [0.3, 0.4) is 0 Å². The highest BCUT2D eigenvalue weighted by Crippen LogP contribution is 2.31. The summed E-state index contributed by atoms with van der Waals surface area (Å²) in [6, 6.07) is 10.4. The molecule has 3 nitrogen and oxygen atoms in total. The lowest BCUT2D eigenvalue weighted by molar-refractivity contribution is 0.276. The van der Waals surface area contributed by atoms with Crippen LogP contribution in [-0.4, -0.2) is 33.5 Å². The Morgan fingerprint density at radius 1 is 1.29 bits per heavy atom. The molecule has 1 aromatic heterocycles. The molecule has 0 saturated carbocycles. The second-order valence-electron chi connectivity index (χ2n) is 6.36. The maximum atomic E-state index is 6.15. The van der Waals surface area contributed by atoms with Crippen molar-refractivity contribution in [3.05, 3.63) is 35.9 Å². The topological polar surface area (TPSA) is 42.2 Å². The summed E-state index contributed by atoms with van der Waals surface area (Å²) in [5.41, 5.74) is 8.28. The molecule has 21 heavy (non-hydrogen) atoms. The number of nitrogens with zero attached hydrogens (tertiary/aromatic N) is 2. The molecule has 1 aliphatic heterocycles. The largest absolute Gasteiger partial charge is 0.383 e. The van der Waals surface area contributed by atoms with Crippen molar-refractivity contribution in [1.82, 2.24) is 9.88 Å². The zero-order valence-electron chi connectivity index (χ0n) is 12.8. The summed E-state index contributed by atoms with van der Waals surface area (Å²) >= 11 is 2.07. The van der Waals surface area contributed by atoms with Gasteiger partial charge in [0.2, 0.25) is 0 Å². The first kappa shape index (κ1) is 14.7. The number of nitrogen functional groups attached to an aromatic ring is 1. The first-order chi connectivity index (χ1) is 10.0. The first-order valence-electron chi connectivity index (χ1n) is 7.54. The molecule has 0 atom stereocenters. The lowest BCUT2D eigenvalue weighted by Gasteiger charge is -2.23. The zero-order chi connectivity index (χ0) is 14.9. The summed E-state index contributed by atoms with van der Waals surface area (Å²) in [5.74, 6) is 1.86. The molecule has 0 bridgehead atoms. The molecular weight excluding hydrogens is 278 g/mol. The Morgan fingerprint density at radius 3 is 2.95 bits per heavy atom. The molecule has 1 aliphatic rings. The number of fused-ring (bicyclic) bond motifs is 1. The average molecular weight is 301 g/mol. The van der Waals surface area contributed by atoms with Crippen molar-refractivity contribution >= 4 is 28.5 Å². The Kier molecular flexibility index (Phi) is 4.09. The molecular formula is C17H23N3S. The lowest BCUT2D eigenvalue weighted by atomic mass is 10.1. The van der Waals surface area contributed by atoms with E-state index in [-0.39, 0.29) is 0 Å².